The molecule has 0 aliphatic rings. The van der Waals surface area contributed by atoms with E-state index in [1.165, 1.54) is 0 Å². The molecule has 64 valence electrons. The number of hydrogen-bond donors (Lipinski definition) is 0. The second kappa shape index (κ2) is 4.48. The summed E-state index contributed by atoms with van der Waals surface area (Å²) in [5.74, 6) is 0. The molecule has 2 rings (SSSR count). The summed E-state index contributed by atoms with van der Waals surface area (Å²) in [6.07, 6.45) is 0. The molecule has 0 aliphatic heterocycles. The summed E-state index contributed by atoms with van der Waals surface area (Å²) in [6, 6.07) is 8.84. The summed E-state index contributed by atoms with van der Waals surface area (Å²) in [7, 11) is 1.11. The monoisotopic (exact) mass is 232 g/mol. The van der Waals surface area contributed by atoms with Gasteiger partial charge in [0, 0.05) is 0 Å². The molecule has 0 aromatic carbocycles. The van der Waals surface area contributed by atoms with E-state index in [1.54, 1.807) is 9.24 Å². The van der Waals surface area contributed by atoms with Gasteiger partial charge < -0.3 is 0 Å². The first-order valence-corrected chi connectivity index (χ1v) is 9.54. The van der Waals surface area contributed by atoms with Gasteiger partial charge in [-0.25, -0.2) is 0 Å². The van der Waals surface area contributed by atoms with Crippen LogP contribution in [0.1, 0.15) is 0 Å². The van der Waals surface area contributed by atoms with Crippen molar-refractivity contribution in [1.29, 1.82) is 0 Å². The van der Waals surface area contributed by atoms with E-state index in [1.807, 2.05) is 22.7 Å². The molecule has 12 heavy (non-hydrogen) atoms. The average molecular weight is 232 g/mol. The Morgan fingerprint density at radius 1 is 1.08 bits per heavy atom. The van der Waals surface area contributed by atoms with E-state index in [4.69, 9.17) is 0 Å². The maximum absolute atomic E-state index is 2.28. The maximum atomic E-state index is 2.28. The van der Waals surface area contributed by atoms with Crippen LogP contribution in [-0.4, -0.2) is 0 Å². The summed E-state index contributed by atoms with van der Waals surface area (Å²) in [5, 5.41) is 4.35. The minimum atomic E-state index is 0.0186. The van der Waals surface area contributed by atoms with Crippen LogP contribution < -0.4 is 9.24 Å². The fourth-order valence-electron chi connectivity index (χ4n) is 0.967. The van der Waals surface area contributed by atoms with E-state index >= 15 is 0 Å². The van der Waals surface area contributed by atoms with Crippen molar-refractivity contribution >= 4 is 48.4 Å². The van der Waals surface area contributed by atoms with Gasteiger partial charge in [0.25, 0.3) is 0 Å². The molecule has 1 atom stereocenters. The molecule has 2 aromatic rings. The summed E-state index contributed by atoms with van der Waals surface area (Å²) in [6.45, 7) is 0. The number of hydrogen-bond acceptors (Lipinski definition) is 2. The van der Waals surface area contributed by atoms with Crippen LogP contribution >= 0.6 is 39.2 Å². The van der Waals surface area contributed by atoms with Crippen molar-refractivity contribution in [3.63, 3.8) is 0 Å². The third-order valence-electron chi connectivity index (χ3n) is 1.54. The Hall–Kier alpha value is 0.260. The quantitative estimate of drug-likeness (QED) is 0.713. The molecule has 2 heterocycles. The zero-order valence-corrected chi connectivity index (χ0v) is 10.5. The Bertz CT molecular complexity index is 278. The van der Waals surface area contributed by atoms with E-state index in [9.17, 15) is 0 Å². The van der Waals surface area contributed by atoms with Crippen LogP contribution in [-0.2, 0) is 0 Å². The fraction of sp³-hybridized carbons (Fsp3) is 0. The van der Waals surface area contributed by atoms with E-state index in [0.29, 0.717) is 0 Å². The van der Waals surface area contributed by atoms with Gasteiger partial charge in [-0.15, -0.1) is 0 Å². The van der Waals surface area contributed by atoms with Crippen molar-refractivity contribution < 1.29 is 0 Å². The second-order valence-electron chi connectivity index (χ2n) is 2.41. The second-order valence-corrected chi connectivity index (χ2v) is 9.39. The van der Waals surface area contributed by atoms with Crippen LogP contribution in [0.5, 0.6) is 0 Å². The first-order chi connectivity index (χ1) is 5.95. The molecule has 0 fully saturated rings. The van der Waals surface area contributed by atoms with Crippen molar-refractivity contribution in [3.05, 3.63) is 35.0 Å². The summed E-state index contributed by atoms with van der Waals surface area (Å²) >= 11 is 3.81. The van der Waals surface area contributed by atoms with Crippen LogP contribution in [0.3, 0.4) is 0 Å². The van der Waals surface area contributed by atoms with Gasteiger partial charge in [-0.1, -0.05) is 0 Å². The van der Waals surface area contributed by atoms with Crippen molar-refractivity contribution in [3.8, 4) is 0 Å². The molecule has 2 aromatic heterocycles. The van der Waals surface area contributed by atoms with Gasteiger partial charge in [0.05, 0.1) is 0 Å². The van der Waals surface area contributed by atoms with Gasteiger partial charge in [0.2, 0.25) is 0 Å². The number of rotatable bonds is 3. The molecule has 0 N–H and O–H groups in total. The Balaban J connectivity index is 1.91. The van der Waals surface area contributed by atoms with Crippen LogP contribution in [0, 0.1) is 0 Å². The molecule has 0 saturated carbocycles. The predicted molar refractivity (Wildman–Crippen MR) is 67.3 cm³/mol. The third-order valence-corrected chi connectivity index (χ3v) is 10.3. The predicted octanol–water partition coefficient (Wildman–Crippen LogP) is 2.50. The van der Waals surface area contributed by atoms with Gasteiger partial charge in [-0.05, 0) is 0 Å². The van der Waals surface area contributed by atoms with E-state index in [-0.39, 0.29) is 8.27 Å². The first-order valence-electron chi connectivity index (χ1n) is 3.75. The molecule has 4 heteroatoms. The molecule has 0 amide bonds. The van der Waals surface area contributed by atoms with Crippen molar-refractivity contribution in [1.82, 2.24) is 0 Å². The van der Waals surface area contributed by atoms with Crippen LogP contribution in [0.2, 0.25) is 0 Å². The normalized spacial score (nSPS) is 11.7. The molecule has 0 saturated heterocycles. The standard InChI is InChI=1S/C8H10P2S2/c1-3-7(11-5-1)9-10-8-4-2-6-12-8/h1-6,9H,10H3. The van der Waals surface area contributed by atoms with Crippen LogP contribution in [0.4, 0.5) is 0 Å². The van der Waals surface area contributed by atoms with E-state index in [0.717, 1.165) is 8.27 Å². The van der Waals surface area contributed by atoms with Crippen LogP contribution in [0.15, 0.2) is 35.0 Å². The Morgan fingerprint density at radius 2 is 1.92 bits per heavy atom. The molecule has 1 unspecified atom stereocenters. The third kappa shape index (κ3) is 2.37. The molecular formula is C8H10P2S2. The van der Waals surface area contributed by atoms with Gasteiger partial charge in [0.1, 0.15) is 0 Å². The number of thiophene rings is 2. The van der Waals surface area contributed by atoms with Crippen molar-refractivity contribution in [2.75, 3.05) is 0 Å². The molecular weight excluding hydrogens is 222 g/mol. The summed E-state index contributed by atoms with van der Waals surface area (Å²) in [5.41, 5.74) is 0. The summed E-state index contributed by atoms with van der Waals surface area (Å²) in [4.78, 5) is 0. The van der Waals surface area contributed by atoms with Gasteiger partial charge >= 0.3 is 83.5 Å². The van der Waals surface area contributed by atoms with E-state index in [2.05, 4.69) is 35.0 Å². The van der Waals surface area contributed by atoms with Crippen molar-refractivity contribution in [2.45, 2.75) is 0 Å². The molecule has 0 spiro atoms. The minimum absolute atomic E-state index is 0.0186. The topological polar surface area (TPSA) is 0 Å². The molecule has 0 bridgehead atoms. The Labute approximate surface area is 83.5 Å². The SMILES string of the molecule is c1csc(P[PH3]c2cccs2)c1. The van der Waals surface area contributed by atoms with E-state index < -0.39 is 0 Å². The average Bonchev–Trinajstić information content (AvgIpc) is 2.74. The Morgan fingerprint density at radius 3 is 2.58 bits per heavy atom. The molecule has 0 aliphatic carbocycles. The first kappa shape index (κ1) is 8.84. The summed E-state index contributed by atoms with van der Waals surface area (Å²) < 4.78 is 3.22. The molecule has 0 radical (unpaired) electrons. The fourth-order valence-corrected chi connectivity index (χ4v) is 8.44. The van der Waals surface area contributed by atoms with Gasteiger partial charge in [-0.2, -0.15) is 0 Å². The zero-order chi connectivity index (χ0) is 8.23. The van der Waals surface area contributed by atoms with Gasteiger partial charge in [-0.3, -0.25) is 0 Å². The Kier molecular flexibility index (Phi) is 3.30. The van der Waals surface area contributed by atoms with Crippen LogP contribution in [0.25, 0.3) is 0 Å². The molecule has 0 nitrogen and oxygen atoms in total. The van der Waals surface area contributed by atoms with Gasteiger partial charge in [0.15, 0.2) is 0 Å². The zero-order valence-electron chi connectivity index (χ0n) is 6.49. The van der Waals surface area contributed by atoms with Crippen molar-refractivity contribution in [2.24, 2.45) is 0 Å².